The maximum atomic E-state index is 14.5. The van der Waals surface area contributed by atoms with E-state index in [1.807, 2.05) is 60.1 Å². The predicted octanol–water partition coefficient (Wildman–Crippen LogP) is 7.96. The van der Waals surface area contributed by atoms with Crippen molar-refractivity contribution in [2.75, 3.05) is 10.6 Å². The van der Waals surface area contributed by atoms with Crippen molar-refractivity contribution in [2.24, 2.45) is 0 Å². The first-order valence-corrected chi connectivity index (χ1v) is 21.1. The fourth-order valence-corrected chi connectivity index (χ4v) is 11.4. The number of hydrogen-bond donors (Lipinski definition) is 2. The lowest BCUT2D eigenvalue weighted by Crippen LogP contribution is -2.75. The minimum absolute atomic E-state index is 0.0324. The number of hydrogen-bond acceptors (Lipinski definition) is 8. The second-order valence-corrected chi connectivity index (χ2v) is 18.3. The van der Waals surface area contributed by atoms with Crippen molar-refractivity contribution in [3.8, 4) is 0 Å². The number of nitrogens with one attached hydrogen (secondary N) is 2. The van der Waals surface area contributed by atoms with E-state index in [4.69, 9.17) is 20.2 Å². The highest BCUT2D eigenvalue weighted by atomic mass is 19.1. The van der Waals surface area contributed by atoms with Crippen LogP contribution in [0, 0.1) is 25.5 Å². The molecule has 0 amide bonds. The van der Waals surface area contributed by atoms with Crippen LogP contribution in [0.15, 0.2) is 73.6 Å². The van der Waals surface area contributed by atoms with Crippen molar-refractivity contribution in [3.05, 3.63) is 119 Å². The minimum atomic E-state index is -0.152. The van der Waals surface area contributed by atoms with E-state index in [1.54, 1.807) is 24.3 Å². The molecule has 14 heteroatoms. The van der Waals surface area contributed by atoms with Crippen molar-refractivity contribution >= 4 is 11.9 Å². The van der Waals surface area contributed by atoms with E-state index in [1.165, 1.54) is 0 Å². The summed E-state index contributed by atoms with van der Waals surface area (Å²) in [6, 6.07) is 14.1. The molecule has 2 atom stereocenters. The summed E-state index contributed by atoms with van der Waals surface area (Å²) in [5.74, 6) is 2.80. The number of benzene rings is 2. The Morgan fingerprint density at radius 3 is 1.38 bits per heavy atom. The second-order valence-electron chi connectivity index (χ2n) is 18.3. The van der Waals surface area contributed by atoms with Crippen LogP contribution in [0.3, 0.4) is 0 Å². The normalized spacial score (nSPS) is 30.1. The third-order valence-corrected chi connectivity index (χ3v) is 14.1. The van der Waals surface area contributed by atoms with Gasteiger partial charge >= 0.3 is 0 Å². The molecule has 2 N–H and O–H groups in total. The third-order valence-electron chi connectivity index (χ3n) is 14.1. The number of rotatable bonds is 8. The van der Waals surface area contributed by atoms with Gasteiger partial charge in [0.1, 0.15) is 23.3 Å². The largest absolute Gasteiger partial charge is 0.347 e. The summed E-state index contributed by atoms with van der Waals surface area (Å²) in [4.78, 5) is 18.5. The van der Waals surface area contributed by atoms with E-state index in [2.05, 4.69) is 42.1 Å². The van der Waals surface area contributed by atoms with Gasteiger partial charge in [-0.3, -0.25) is 0 Å². The van der Waals surface area contributed by atoms with Crippen molar-refractivity contribution in [1.29, 1.82) is 0 Å². The summed E-state index contributed by atoms with van der Waals surface area (Å²) in [7, 11) is 0. The van der Waals surface area contributed by atoms with Gasteiger partial charge in [0.2, 0.25) is 11.9 Å². The van der Waals surface area contributed by atoms with Crippen LogP contribution in [0.4, 0.5) is 20.7 Å². The maximum Gasteiger partial charge on any atom is 0.242 e. The first kappa shape index (κ1) is 35.7. The van der Waals surface area contributed by atoms with Gasteiger partial charge in [-0.15, -0.1) is 10.2 Å². The molecule has 6 heterocycles. The molecule has 0 radical (unpaired) electrons. The minimum Gasteiger partial charge on any atom is -0.347 e. The molecule has 8 aliphatic rings. The van der Waals surface area contributed by atoms with Gasteiger partial charge in [-0.1, -0.05) is 49.2 Å². The molecule has 58 heavy (non-hydrogen) atoms. The Morgan fingerprint density at radius 2 is 1.00 bits per heavy atom. The molecule has 4 bridgehead atoms. The van der Waals surface area contributed by atoms with Gasteiger partial charge in [-0.25, -0.2) is 28.1 Å². The Morgan fingerprint density at radius 1 is 0.586 bits per heavy atom. The molecule has 0 saturated heterocycles. The Labute approximate surface area is 336 Å². The molecule has 0 unspecified atom stereocenters. The van der Waals surface area contributed by atoms with Crippen LogP contribution in [-0.2, 0) is 24.2 Å². The van der Waals surface area contributed by atoms with E-state index in [-0.39, 0.29) is 45.6 Å². The van der Waals surface area contributed by atoms with Gasteiger partial charge in [-0.05, 0) is 101 Å². The van der Waals surface area contributed by atoms with E-state index in [0.29, 0.717) is 11.9 Å². The molecule has 14 rings (SSSR count). The van der Waals surface area contributed by atoms with Gasteiger partial charge in [0.15, 0.2) is 0 Å². The smallest absolute Gasteiger partial charge is 0.242 e. The standard InChI is InChI=1S/2C22H25FN6/c2*1-15-10-28(14-24-15)22-11-21(12-22,13-22)26-20-25-19-17(7-4-5-9-29(19)27-20)16-6-2-3-8-18(16)23/h2*2-3,6,8,10,14,17H,4-5,7,9,11-13H2,1H3,(H,26,27)/t2*17-,21?,22?/m10/s1. The number of imidazole rings is 2. The van der Waals surface area contributed by atoms with Crippen LogP contribution in [0.2, 0.25) is 0 Å². The molecule has 4 aromatic heterocycles. The topological polar surface area (TPSA) is 121 Å². The quantitative estimate of drug-likeness (QED) is 0.160. The molecule has 0 spiro atoms. The fraction of sp³-hybridized carbons (Fsp3) is 0.500. The molecule has 2 aromatic carbocycles. The van der Waals surface area contributed by atoms with Gasteiger partial charge in [0.25, 0.3) is 0 Å². The molecule has 300 valence electrons. The van der Waals surface area contributed by atoms with Crippen LogP contribution in [0.25, 0.3) is 0 Å². The molecular formula is C44H50F2N12. The SMILES string of the molecule is Cc1cn(C23CC(Nc4nc5n(n4)CCCC[C@@H]5c4ccccc4F)(C2)C3)cn1.Cc1cn(C23CC(Nc4nc5n(n4)CCCC[C@H]5c4ccccc4F)(C2)C3)cn1. The molecule has 12 nitrogen and oxygen atoms in total. The summed E-state index contributed by atoms with van der Waals surface area (Å²) < 4.78 is 37.5. The highest BCUT2D eigenvalue weighted by Crippen LogP contribution is 2.67. The van der Waals surface area contributed by atoms with Gasteiger partial charge < -0.3 is 19.8 Å². The van der Waals surface area contributed by atoms with Crippen LogP contribution in [-0.4, -0.2) is 59.7 Å². The van der Waals surface area contributed by atoms with Gasteiger partial charge in [-0.2, -0.15) is 9.97 Å². The van der Waals surface area contributed by atoms with Crippen LogP contribution < -0.4 is 10.6 Å². The summed E-state index contributed by atoms with van der Waals surface area (Å²) in [6.07, 6.45) is 20.7. The summed E-state index contributed by atoms with van der Waals surface area (Å²) in [6.45, 7) is 5.76. The Kier molecular flexibility index (Phi) is 8.04. The van der Waals surface area contributed by atoms with Crippen molar-refractivity contribution < 1.29 is 8.78 Å². The fourth-order valence-electron chi connectivity index (χ4n) is 11.4. The molecule has 6 saturated carbocycles. The average Bonchev–Trinajstić information content (AvgIpc) is 3.92. The average molecular weight is 785 g/mol. The van der Waals surface area contributed by atoms with E-state index in [0.717, 1.165) is 124 Å². The van der Waals surface area contributed by atoms with Crippen LogP contribution in [0.1, 0.15) is 123 Å². The zero-order chi connectivity index (χ0) is 39.3. The Bertz CT molecular complexity index is 2300. The first-order chi connectivity index (χ1) is 28.1. The highest BCUT2D eigenvalue weighted by molar-refractivity contribution is 5.44. The van der Waals surface area contributed by atoms with E-state index < -0.39 is 0 Å². The number of fused-ring (bicyclic) bond motifs is 2. The number of nitrogens with zero attached hydrogens (tertiary/aromatic N) is 10. The van der Waals surface area contributed by atoms with E-state index >= 15 is 0 Å². The lowest BCUT2D eigenvalue weighted by atomic mass is 9.44. The Balaban J connectivity index is 0.000000133. The first-order valence-electron chi connectivity index (χ1n) is 21.1. The lowest BCUT2D eigenvalue weighted by Gasteiger charge is -2.70. The molecular weight excluding hydrogens is 735 g/mol. The number of aromatic nitrogens is 10. The third kappa shape index (κ3) is 5.79. The van der Waals surface area contributed by atoms with Gasteiger partial charge in [0.05, 0.1) is 35.1 Å². The van der Waals surface area contributed by atoms with Crippen LogP contribution in [0.5, 0.6) is 0 Å². The number of halogens is 2. The highest BCUT2D eigenvalue weighted by Gasteiger charge is 2.70. The lowest BCUT2D eigenvalue weighted by molar-refractivity contribution is -0.101. The number of anilines is 2. The summed E-state index contributed by atoms with van der Waals surface area (Å²) in [5, 5.41) is 16.8. The van der Waals surface area contributed by atoms with Crippen molar-refractivity contribution in [1.82, 2.24) is 48.6 Å². The monoisotopic (exact) mass is 784 g/mol. The van der Waals surface area contributed by atoms with E-state index in [9.17, 15) is 8.78 Å². The zero-order valence-electron chi connectivity index (χ0n) is 33.2. The summed E-state index contributed by atoms with van der Waals surface area (Å²) >= 11 is 0. The van der Waals surface area contributed by atoms with Crippen molar-refractivity contribution in [3.63, 3.8) is 0 Å². The predicted molar refractivity (Wildman–Crippen MR) is 215 cm³/mol. The Hall–Kier alpha value is -5.40. The maximum absolute atomic E-state index is 14.5. The number of aryl methyl sites for hydroxylation is 4. The molecule has 6 aliphatic carbocycles. The zero-order valence-corrected chi connectivity index (χ0v) is 33.2. The van der Waals surface area contributed by atoms with Gasteiger partial charge in [0, 0.05) is 48.4 Å². The molecule has 6 fully saturated rings. The van der Waals surface area contributed by atoms with Crippen LogP contribution >= 0.6 is 0 Å². The van der Waals surface area contributed by atoms with Crippen molar-refractivity contribution in [2.45, 2.75) is 138 Å². The molecule has 2 aliphatic heterocycles. The second kappa shape index (κ2) is 13.1. The molecule has 6 aromatic rings. The summed E-state index contributed by atoms with van der Waals surface area (Å²) in [5.41, 5.74) is 4.23.